The van der Waals surface area contributed by atoms with Gasteiger partial charge in [0.15, 0.2) is 0 Å². The predicted octanol–water partition coefficient (Wildman–Crippen LogP) is 1.12. The third-order valence-corrected chi connectivity index (χ3v) is 2.11. The van der Waals surface area contributed by atoms with E-state index in [-0.39, 0.29) is 13.2 Å². The maximum absolute atomic E-state index is 10.8. The number of anilines is 1. The number of methoxy groups -OCH3 is 1. The number of carbonyl (C=O) groups is 1. The van der Waals surface area contributed by atoms with Crippen LogP contribution in [0.25, 0.3) is 0 Å². The third kappa shape index (κ3) is 3.85. The topological polar surface area (TPSA) is 74.4 Å². The number of hydrogen-bond acceptors (Lipinski definition) is 5. The van der Waals surface area contributed by atoms with E-state index in [1.807, 2.05) is 0 Å². The van der Waals surface area contributed by atoms with Crippen molar-refractivity contribution in [2.75, 3.05) is 19.5 Å². The quantitative estimate of drug-likeness (QED) is 0.833. The van der Waals surface area contributed by atoms with Gasteiger partial charge in [0.1, 0.15) is 12.4 Å². The smallest absolute Gasteiger partial charge is 0.331 e. The molecule has 0 saturated heterocycles. The average Bonchev–Trinajstić information content (AvgIpc) is 2.23. The summed E-state index contributed by atoms with van der Waals surface area (Å²) < 4.78 is 10.3. The number of rotatable bonds is 4. The normalized spacial score (nSPS) is 10.0. The van der Waals surface area contributed by atoms with Gasteiger partial charge >= 0.3 is 5.97 Å². The van der Waals surface area contributed by atoms with Crippen molar-refractivity contribution in [2.45, 2.75) is 6.61 Å². The Morgan fingerprint density at radius 3 is 3.07 bits per heavy atom. The maximum atomic E-state index is 10.8. The Kier molecular flexibility index (Phi) is 4.51. The lowest BCUT2D eigenvalue weighted by Gasteiger charge is -2.05. The Morgan fingerprint density at radius 2 is 2.40 bits per heavy atom. The van der Waals surface area contributed by atoms with Crippen molar-refractivity contribution >= 4 is 27.7 Å². The molecule has 0 spiro atoms. The molecule has 15 heavy (non-hydrogen) atoms. The van der Waals surface area contributed by atoms with Gasteiger partial charge in [0.25, 0.3) is 0 Å². The number of nitrogens with zero attached hydrogens (tertiary/aromatic N) is 1. The second-order valence-corrected chi connectivity index (χ2v) is 3.68. The molecule has 1 aromatic heterocycles. The van der Waals surface area contributed by atoms with E-state index in [0.717, 1.165) is 10.0 Å². The molecule has 1 heterocycles. The highest BCUT2D eigenvalue weighted by Crippen LogP contribution is 2.16. The Balaban J connectivity index is 2.50. The standard InChI is InChI=1S/C9H11BrN2O3/c1-14-8(13)5-15-4-6-2-7(10)3-12-9(6)11/h2-3H,4-5H2,1H3,(H2,11,12). The van der Waals surface area contributed by atoms with Crippen molar-refractivity contribution in [2.24, 2.45) is 0 Å². The van der Waals surface area contributed by atoms with Crippen molar-refractivity contribution in [3.63, 3.8) is 0 Å². The molecular weight excluding hydrogens is 264 g/mol. The zero-order valence-electron chi connectivity index (χ0n) is 8.20. The molecule has 6 heteroatoms. The van der Waals surface area contributed by atoms with Gasteiger partial charge < -0.3 is 15.2 Å². The summed E-state index contributed by atoms with van der Waals surface area (Å²) in [7, 11) is 1.31. The summed E-state index contributed by atoms with van der Waals surface area (Å²) in [6.07, 6.45) is 1.60. The molecule has 0 aromatic carbocycles. The van der Waals surface area contributed by atoms with Crippen molar-refractivity contribution in [3.05, 3.63) is 22.3 Å². The van der Waals surface area contributed by atoms with Gasteiger partial charge in [0.2, 0.25) is 0 Å². The van der Waals surface area contributed by atoms with E-state index in [4.69, 9.17) is 10.5 Å². The molecule has 82 valence electrons. The van der Waals surface area contributed by atoms with Crippen LogP contribution >= 0.6 is 15.9 Å². The first-order valence-electron chi connectivity index (χ1n) is 4.18. The lowest BCUT2D eigenvalue weighted by molar-refractivity contribution is -0.146. The second-order valence-electron chi connectivity index (χ2n) is 2.77. The number of halogens is 1. The Labute approximate surface area is 95.7 Å². The predicted molar refractivity (Wildman–Crippen MR) is 58.0 cm³/mol. The first kappa shape index (κ1) is 11.9. The van der Waals surface area contributed by atoms with E-state index < -0.39 is 5.97 Å². The summed E-state index contributed by atoms with van der Waals surface area (Å²) in [6.45, 7) is 0.135. The van der Waals surface area contributed by atoms with Crippen LogP contribution in [0.1, 0.15) is 5.56 Å². The molecule has 0 atom stereocenters. The van der Waals surface area contributed by atoms with Crippen LogP contribution < -0.4 is 5.73 Å². The number of ether oxygens (including phenoxy) is 2. The lowest BCUT2D eigenvalue weighted by Crippen LogP contribution is -2.10. The third-order valence-electron chi connectivity index (χ3n) is 1.67. The minimum Gasteiger partial charge on any atom is -0.467 e. The van der Waals surface area contributed by atoms with Gasteiger partial charge in [-0.05, 0) is 22.0 Å². The van der Waals surface area contributed by atoms with Crippen LogP contribution in [0, 0.1) is 0 Å². The summed E-state index contributed by atoms with van der Waals surface area (Å²) >= 11 is 3.27. The lowest BCUT2D eigenvalue weighted by atomic mass is 10.3. The van der Waals surface area contributed by atoms with Gasteiger partial charge in [-0.15, -0.1) is 0 Å². The van der Waals surface area contributed by atoms with E-state index in [0.29, 0.717) is 5.82 Å². The van der Waals surface area contributed by atoms with E-state index in [1.165, 1.54) is 7.11 Å². The molecule has 5 nitrogen and oxygen atoms in total. The molecule has 1 aromatic rings. The van der Waals surface area contributed by atoms with Gasteiger partial charge in [-0.25, -0.2) is 9.78 Å². The molecule has 0 aliphatic heterocycles. The zero-order valence-corrected chi connectivity index (χ0v) is 9.78. The fourth-order valence-corrected chi connectivity index (χ4v) is 1.29. The maximum Gasteiger partial charge on any atom is 0.331 e. The van der Waals surface area contributed by atoms with Crippen LogP contribution in [0.4, 0.5) is 5.82 Å². The second kappa shape index (κ2) is 5.67. The first-order valence-corrected chi connectivity index (χ1v) is 4.97. The average molecular weight is 275 g/mol. The highest BCUT2D eigenvalue weighted by Gasteiger charge is 2.04. The van der Waals surface area contributed by atoms with Crippen molar-refractivity contribution in [1.29, 1.82) is 0 Å². The minimum absolute atomic E-state index is 0.0948. The largest absolute Gasteiger partial charge is 0.467 e. The minimum atomic E-state index is -0.420. The molecular formula is C9H11BrN2O3. The van der Waals surface area contributed by atoms with Crippen molar-refractivity contribution < 1.29 is 14.3 Å². The molecule has 0 radical (unpaired) electrons. The molecule has 1 rings (SSSR count). The van der Waals surface area contributed by atoms with Crippen LogP contribution in [-0.2, 0) is 20.9 Å². The number of pyridine rings is 1. The summed E-state index contributed by atoms with van der Waals surface area (Å²) in [5.74, 6) is -0.0282. The fraction of sp³-hybridized carbons (Fsp3) is 0.333. The van der Waals surface area contributed by atoms with Crippen molar-refractivity contribution in [1.82, 2.24) is 4.98 Å². The van der Waals surface area contributed by atoms with Crippen molar-refractivity contribution in [3.8, 4) is 0 Å². The van der Waals surface area contributed by atoms with Gasteiger partial charge in [-0.1, -0.05) is 0 Å². The van der Waals surface area contributed by atoms with Crippen LogP contribution in [0.5, 0.6) is 0 Å². The number of carbonyl (C=O) groups excluding carboxylic acids is 1. The number of aromatic nitrogens is 1. The molecule has 0 amide bonds. The summed E-state index contributed by atoms with van der Waals surface area (Å²) in [5.41, 5.74) is 6.34. The van der Waals surface area contributed by atoms with Crippen LogP contribution in [0.15, 0.2) is 16.7 Å². The monoisotopic (exact) mass is 274 g/mol. The molecule has 2 N–H and O–H groups in total. The molecule has 0 aliphatic carbocycles. The number of nitrogens with two attached hydrogens (primary N) is 1. The molecule has 0 unspecified atom stereocenters. The van der Waals surface area contributed by atoms with Gasteiger partial charge in [-0.2, -0.15) is 0 Å². The number of hydrogen-bond donors (Lipinski definition) is 1. The molecule has 0 bridgehead atoms. The zero-order chi connectivity index (χ0) is 11.3. The van der Waals surface area contributed by atoms with Crippen LogP contribution in [0.3, 0.4) is 0 Å². The van der Waals surface area contributed by atoms with Gasteiger partial charge in [0, 0.05) is 16.2 Å². The summed E-state index contributed by atoms with van der Waals surface area (Å²) in [4.78, 5) is 14.7. The van der Waals surface area contributed by atoms with E-state index in [2.05, 4.69) is 25.7 Å². The Morgan fingerprint density at radius 1 is 1.67 bits per heavy atom. The Hall–Kier alpha value is -1.14. The summed E-state index contributed by atoms with van der Waals surface area (Å²) in [5, 5.41) is 0. The summed E-state index contributed by atoms with van der Waals surface area (Å²) in [6, 6.07) is 1.79. The number of nitrogen functional groups attached to an aromatic ring is 1. The molecule has 0 saturated carbocycles. The van der Waals surface area contributed by atoms with E-state index in [1.54, 1.807) is 12.3 Å². The molecule has 0 fully saturated rings. The van der Waals surface area contributed by atoms with Gasteiger partial charge in [-0.3, -0.25) is 0 Å². The van der Waals surface area contributed by atoms with Gasteiger partial charge in [0.05, 0.1) is 13.7 Å². The number of esters is 1. The van der Waals surface area contributed by atoms with Crippen LogP contribution in [-0.4, -0.2) is 24.7 Å². The molecule has 0 aliphatic rings. The highest BCUT2D eigenvalue weighted by molar-refractivity contribution is 9.10. The van der Waals surface area contributed by atoms with E-state index >= 15 is 0 Å². The van der Waals surface area contributed by atoms with Crippen LogP contribution in [0.2, 0.25) is 0 Å². The highest BCUT2D eigenvalue weighted by atomic mass is 79.9. The Bertz CT molecular complexity index is 357. The van der Waals surface area contributed by atoms with E-state index in [9.17, 15) is 4.79 Å². The SMILES string of the molecule is COC(=O)COCc1cc(Br)cnc1N. The first-order chi connectivity index (χ1) is 7.13. The fourth-order valence-electron chi connectivity index (χ4n) is 0.911.